The van der Waals surface area contributed by atoms with E-state index < -0.39 is 10.8 Å². The Morgan fingerprint density at radius 3 is 2.50 bits per heavy atom. The van der Waals surface area contributed by atoms with Crippen LogP contribution < -0.4 is 14.9 Å². The smallest absolute Gasteiger partial charge is 0.277 e. The van der Waals surface area contributed by atoms with Gasteiger partial charge in [-0.3, -0.25) is 14.9 Å². The van der Waals surface area contributed by atoms with Crippen molar-refractivity contribution in [3.05, 3.63) is 64.2 Å². The lowest BCUT2D eigenvalue weighted by atomic mass is 10.2. The maximum atomic E-state index is 11.7. The number of non-ortho nitro benzene ring substituents is 1. The normalized spacial score (nSPS) is 10.4. The van der Waals surface area contributed by atoms with E-state index in [2.05, 4.69) is 10.5 Å². The van der Waals surface area contributed by atoms with Gasteiger partial charge in [0.25, 0.3) is 11.6 Å². The molecule has 0 heterocycles. The van der Waals surface area contributed by atoms with Gasteiger partial charge < -0.3 is 9.47 Å². The molecule has 2 rings (SSSR count). The van der Waals surface area contributed by atoms with Gasteiger partial charge in [0.1, 0.15) is 0 Å². The highest BCUT2D eigenvalue weighted by Gasteiger charge is 2.06. The molecule has 1 amide bonds. The highest BCUT2D eigenvalue weighted by Crippen LogP contribution is 2.25. The van der Waals surface area contributed by atoms with Crippen LogP contribution in [-0.4, -0.2) is 30.8 Å². The number of carbonyl (C=O) groups is 1. The van der Waals surface area contributed by atoms with Crippen molar-refractivity contribution in [1.82, 2.24) is 5.43 Å². The summed E-state index contributed by atoms with van der Waals surface area (Å²) in [6, 6.07) is 12.7. The van der Waals surface area contributed by atoms with Crippen LogP contribution >= 0.6 is 0 Å². The van der Waals surface area contributed by atoms with Gasteiger partial charge in [-0.1, -0.05) is 12.1 Å². The number of hydrogen-bond acceptors (Lipinski definition) is 6. The molecule has 0 saturated heterocycles. The van der Waals surface area contributed by atoms with Gasteiger partial charge >= 0.3 is 0 Å². The minimum atomic E-state index is -0.488. The molecule has 8 heteroatoms. The van der Waals surface area contributed by atoms with E-state index in [1.54, 1.807) is 24.3 Å². The quantitative estimate of drug-likeness (QED) is 0.476. The van der Waals surface area contributed by atoms with Crippen molar-refractivity contribution < 1.29 is 19.2 Å². The molecule has 0 aliphatic carbocycles. The third-order valence-corrected chi connectivity index (χ3v) is 2.93. The summed E-state index contributed by atoms with van der Waals surface area (Å²) in [5.74, 6) is 0.535. The standard InChI is InChI=1S/C16H15N3O5/c1-23-14-4-2-3-5-15(14)24-11-16(20)18-17-10-12-6-8-13(9-7-12)19(21)22/h2-10H,11H2,1H3,(H,18,20). The Labute approximate surface area is 137 Å². The van der Waals surface area contributed by atoms with Crippen molar-refractivity contribution in [2.24, 2.45) is 5.10 Å². The molecule has 0 saturated carbocycles. The average molecular weight is 329 g/mol. The maximum Gasteiger partial charge on any atom is 0.277 e. The van der Waals surface area contributed by atoms with E-state index in [1.807, 2.05) is 0 Å². The number of amides is 1. The Balaban J connectivity index is 1.83. The Morgan fingerprint density at radius 1 is 1.21 bits per heavy atom. The van der Waals surface area contributed by atoms with E-state index in [9.17, 15) is 14.9 Å². The summed E-state index contributed by atoms with van der Waals surface area (Å²) in [7, 11) is 1.51. The lowest BCUT2D eigenvalue weighted by Crippen LogP contribution is -2.24. The number of nitro groups is 1. The van der Waals surface area contributed by atoms with Gasteiger partial charge in [0.2, 0.25) is 0 Å². The van der Waals surface area contributed by atoms with Crippen molar-refractivity contribution in [3.63, 3.8) is 0 Å². The maximum absolute atomic E-state index is 11.7. The Hall–Kier alpha value is -3.42. The predicted molar refractivity (Wildman–Crippen MR) is 87.3 cm³/mol. The Bertz CT molecular complexity index is 744. The summed E-state index contributed by atoms with van der Waals surface area (Å²) >= 11 is 0. The summed E-state index contributed by atoms with van der Waals surface area (Å²) in [6.45, 7) is -0.224. The fraction of sp³-hybridized carbons (Fsp3) is 0.125. The summed E-state index contributed by atoms with van der Waals surface area (Å²) in [5, 5.41) is 14.3. The minimum Gasteiger partial charge on any atom is -0.493 e. The zero-order chi connectivity index (χ0) is 17.4. The predicted octanol–water partition coefficient (Wildman–Crippen LogP) is 2.13. The van der Waals surface area contributed by atoms with Crippen LogP contribution in [0.15, 0.2) is 53.6 Å². The zero-order valence-corrected chi connectivity index (χ0v) is 12.8. The molecule has 0 spiro atoms. The number of hydrogen-bond donors (Lipinski definition) is 1. The molecular weight excluding hydrogens is 314 g/mol. The van der Waals surface area contributed by atoms with E-state index in [0.29, 0.717) is 17.1 Å². The summed E-state index contributed by atoms with van der Waals surface area (Å²) < 4.78 is 10.5. The molecule has 0 bridgehead atoms. The molecule has 8 nitrogen and oxygen atoms in total. The first-order valence-electron chi connectivity index (χ1n) is 6.92. The number of para-hydroxylation sites is 2. The molecular formula is C16H15N3O5. The highest BCUT2D eigenvalue weighted by atomic mass is 16.6. The lowest BCUT2D eigenvalue weighted by molar-refractivity contribution is -0.384. The van der Waals surface area contributed by atoms with Gasteiger partial charge in [-0.2, -0.15) is 5.10 Å². The molecule has 0 radical (unpaired) electrons. The van der Waals surface area contributed by atoms with E-state index in [-0.39, 0.29) is 12.3 Å². The second-order valence-electron chi connectivity index (χ2n) is 4.58. The Kier molecular flexibility index (Phi) is 5.84. The Morgan fingerprint density at radius 2 is 1.88 bits per heavy atom. The molecule has 2 aromatic carbocycles. The van der Waals surface area contributed by atoms with Crippen LogP contribution in [0.1, 0.15) is 5.56 Å². The van der Waals surface area contributed by atoms with Crippen LogP contribution in [0.25, 0.3) is 0 Å². The van der Waals surface area contributed by atoms with Gasteiger partial charge in [-0.05, 0) is 29.8 Å². The van der Waals surface area contributed by atoms with Crippen LogP contribution in [0.5, 0.6) is 11.5 Å². The van der Waals surface area contributed by atoms with Gasteiger partial charge in [-0.15, -0.1) is 0 Å². The van der Waals surface area contributed by atoms with Crippen LogP contribution in [-0.2, 0) is 4.79 Å². The fourth-order valence-corrected chi connectivity index (χ4v) is 1.77. The molecule has 0 aliphatic rings. The molecule has 24 heavy (non-hydrogen) atoms. The third-order valence-electron chi connectivity index (χ3n) is 2.93. The van der Waals surface area contributed by atoms with Crippen LogP contribution in [0, 0.1) is 10.1 Å². The van der Waals surface area contributed by atoms with Crippen LogP contribution in [0.2, 0.25) is 0 Å². The number of methoxy groups -OCH3 is 1. The van der Waals surface area contributed by atoms with Crippen molar-refractivity contribution in [2.75, 3.05) is 13.7 Å². The number of carbonyl (C=O) groups excluding carboxylic acids is 1. The highest BCUT2D eigenvalue weighted by molar-refractivity contribution is 5.83. The first-order chi connectivity index (χ1) is 11.6. The third kappa shape index (κ3) is 4.80. The van der Waals surface area contributed by atoms with Crippen LogP contribution in [0.3, 0.4) is 0 Å². The molecule has 124 valence electrons. The van der Waals surface area contributed by atoms with E-state index in [4.69, 9.17) is 9.47 Å². The van der Waals surface area contributed by atoms with Gasteiger partial charge in [0.05, 0.1) is 18.2 Å². The monoisotopic (exact) mass is 329 g/mol. The number of nitrogens with one attached hydrogen (secondary N) is 1. The topological polar surface area (TPSA) is 103 Å². The number of benzene rings is 2. The van der Waals surface area contributed by atoms with E-state index in [1.165, 1.54) is 37.6 Å². The number of rotatable bonds is 7. The number of hydrazone groups is 1. The number of nitro benzene ring substituents is 1. The molecule has 0 fully saturated rings. The molecule has 0 unspecified atom stereocenters. The average Bonchev–Trinajstić information content (AvgIpc) is 2.60. The zero-order valence-electron chi connectivity index (χ0n) is 12.8. The first kappa shape index (κ1) is 16.9. The largest absolute Gasteiger partial charge is 0.493 e. The van der Waals surface area contributed by atoms with Crippen molar-refractivity contribution in [2.45, 2.75) is 0 Å². The van der Waals surface area contributed by atoms with Crippen molar-refractivity contribution >= 4 is 17.8 Å². The molecule has 1 N–H and O–H groups in total. The fourth-order valence-electron chi connectivity index (χ4n) is 1.77. The lowest BCUT2D eigenvalue weighted by Gasteiger charge is -2.09. The first-order valence-corrected chi connectivity index (χ1v) is 6.92. The van der Waals surface area contributed by atoms with Crippen LogP contribution in [0.4, 0.5) is 5.69 Å². The second-order valence-corrected chi connectivity index (χ2v) is 4.58. The van der Waals surface area contributed by atoms with E-state index in [0.717, 1.165) is 0 Å². The van der Waals surface area contributed by atoms with Gasteiger partial charge in [-0.25, -0.2) is 5.43 Å². The molecule has 2 aromatic rings. The summed E-state index contributed by atoms with van der Waals surface area (Å²) in [5.41, 5.74) is 2.91. The molecule has 0 atom stereocenters. The second kappa shape index (κ2) is 8.28. The van der Waals surface area contributed by atoms with Crippen molar-refractivity contribution in [1.29, 1.82) is 0 Å². The minimum absolute atomic E-state index is 0.0126. The summed E-state index contributed by atoms with van der Waals surface area (Å²) in [6.07, 6.45) is 1.38. The summed E-state index contributed by atoms with van der Waals surface area (Å²) in [4.78, 5) is 21.7. The van der Waals surface area contributed by atoms with Crippen molar-refractivity contribution in [3.8, 4) is 11.5 Å². The SMILES string of the molecule is COc1ccccc1OCC(=O)NN=Cc1ccc([N+](=O)[O-])cc1. The molecule has 0 aromatic heterocycles. The van der Waals surface area contributed by atoms with Gasteiger partial charge in [0, 0.05) is 12.1 Å². The molecule has 0 aliphatic heterocycles. The number of ether oxygens (including phenoxy) is 2. The number of nitrogens with zero attached hydrogens (tertiary/aromatic N) is 2. The van der Waals surface area contributed by atoms with Gasteiger partial charge in [0.15, 0.2) is 18.1 Å². The van der Waals surface area contributed by atoms with E-state index >= 15 is 0 Å².